The van der Waals surface area contributed by atoms with Crippen LogP contribution in [0.4, 0.5) is 0 Å². The molecule has 2 atom stereocenters. The van der Waals surface area contributed by atoms with Crippen molar-refractivity contribution in [3.8, 4) is 0 Å². The second-order valence-corrected chi connectivity index (χ2v) is 13.0. The van der Waals surface area contributed by atoms with Crippen molar-refractivity contribution in [2.45, 2.75) is 219 Å². The molecule has 1 amide bonds. The standard InChI is InChI=1S/C38H75NO3/c1-3-5-7-9-11-12-13-14-15-16-17-18-19-20-21-22-23-24-25-26-27-28-30-32-34-38(42)39-36(35-40)37(41)33-31-29-10-8-6-4-2/h31,33,36-37,40-41H,3-30,32,34-35H2,1-2H3,(H,39,42)/b33-31+. The van der Waals surface area contributed by atoms with Crippen LogP contribution in [-0.2, 0) is 4.79 Å². The quantitative estimate of drug-likeness (QED) is 0.0513. The number of hydrogen-bond donors (Lipinski definition) is 3. The number of carbonyl (C=O) groups is 1. The van der Waals surface area contributed by atoms with Gasteiger partial charge in [-0.05, 0) is 19.3 Å². The third-order valence-electron chi connectivity index (χ3n) is 8.77. The molecule has 2 unspecified atom stereocenters. The molecule has 0 rings (SSSR count). The average Bonchev–Trinajstić information content (AvgIpc) is 2.99. The van der Waals surface area contributed by atoms with Gasteiger partial charge in [0.2, 0.25) is 5.91 Å². The summed E-state index contributed by atoms with van der Waals surface area (Å²) >= 11 is 0. The van der Waals surface area contributed by atoms with Gasteiger partial charge in [0.05, 0.1) is 18.8 Å². The van der Waals surface area contributed by atoms with Crippen LogP contribution in [0.2, 0.25) is 0 Å². The van der Waals surface area contributed by atoms with Crippen molar-refractivity contribution in [3.63, 3.8) is 0 Å². The van der Waals surface area contributed by atoms with Crippen LogP contribution in [0.5, 0.6) is 0 Å². The maximum absolute atomic E-state index is 12.2. The van der Waals surface area contributed by atoms with Gasteiger partial charge in [-0.15, -0.1) is 0 Å². The summed E-state index contributed by atoms with van der Waals surface area (Å²) in [5.41, 5.74) is 0. The second-order valence-electron chi connectivity index (χ2n) is 13.0. The SMILES string of the molecule is CCCCCC/C=C/C(O)C(CO)NC(=O)CCCCCCCCCCCCCCCCCCCCCCCCCC. The Balaban J connectivity index is 3.39. The zero-order valence-electron chi connectivity index (χ0n) is 28.5. The van der Waals surface area contributed by atoms with E-state index in [0.29, 0.717) is 6.42 Å². The summed E-state index contributed by atoms with van der Waals surface area (Å²) < 4.78 is 0. The molecule has 0 heterocycles. The Morgan fingerprint density at radius 3 is 1.24 bits per heavy atom. The first-order chi connectivity index (χ1) is 20.7. The highest BCUT2D eigenvalue weighted by Gasteiger charge is 2.17. The van der Waals surface area contributed by atoms with E-state index in [2.05, 4.69) is 19.2 Å². The fourth-order valence-corrected chi connectivity index (χ4v) is 5.82. The summed E-state index contributed by atoms with van der Waals surface area (Å²) in [4.78, 5) is 12.2. The van der Waals surface area contributed by atoms with Crippen molar-refractivity contribution >= 4 is 5.91 Å². The summed E-state index contributed by atoms with van der Waals surface area (Å²) in [7, 11) is 0. The van der Waals surface area contributed by atoms with E-state index in [1.54, 1.807) is 6.08 Å². The van der Waals surface area contributed by atoms with Gasteiger partial charge in [0.1, 0.15) is 0 Å². The van der Waals surface area contributed by atoms with E-state index in [0.717, 1.165) is 25.7 Å². The highest BCUT2D eigenvalue weighted by molar-refractivity contribution is 5.76. The van der Waals surface area contributed by atoms with Crippen LogP contribution in [0.3, 0.4) is 0 Å². The van der Waals surface area contributed by atoms with Gasteiger partial charge >= 0.3 is 0 Å². The van der Waals surface area contributed by atoms with Gasteiger partial charge in [-0.2, -0.15) is 0 Å². The Kier molecular flexibility index (Phi) is 33.9. The minimum atomic E-state index is -0.829. The van der Waals surface area contributed by atoms with Gasteiger partial charge in [-0.1, -0.05) is 193 Å². The molecule has 250 valence electrons. The summed E-state index contributed by atoms with van der Waals surface area (Å²) in [5, 5.41) is 22.6. The van der Waals surface area contributed by atoms with Crippen LogP contribution in [0, 0.1) is 0 Å². The van der Waals surface area contributed by atoms with Crippen LogP contribution < -0.4 is 5.32 Å². The Morgan fingerprint density at radius 1 is 0.548 bits per heavy atom. The number of nitrogens with one attached hydrogen (secondary N) is 1. The van der Waals surface area contributed by atoms with E-state index in [-0.39, 0.29) is 12.5 Å². The highest BCUT2D eigenvalue weighted by atomic mass is 16.3. The molecule has 4 nitrogen and oxygen atoms in total. The Hall–Kier alpha value is -0.870. The first-order valence-corrected chi connectivity index (χ1v) is 18.9. The molecule has 0 aromatic carbocycles. The maximum atomic E-state index is 12.2. The van der Waals surface area contributed by atoms with Crippen molar-refractivity contribution in [1.29, 1.82) is 0 Å². The number of aliphatic hydroxyl groups excluding tert-OH is 2. The number of aliphatic hydroxyl groups is 2. The van der Waals surface area contributed by atoms with Gasteiger partial charge in [-0.25, -0.2) is 0 Å². The lowest BCUT2D eigenvalue weighted by Crippen LogP contribution is -2.45. The molecule has 0 radical (unpaired) electrons. The minimum absolute atomic E-state index is 0.0664. The highest BCUT2D eigenvalue weighted by Crippen LogP contribution is 2.16. The van der Waals surface area contributed by atoms with Gasteiger partial charge in [0.25, 0.3) is 0 Å². The smallest absolute Gasteiger partial charge is 0.220 e. The molecule has 0 saturated carbocycles. The lowest BCUT2D eigenvalue weighted by molar-refractivity contribution is -0.123. The summed E-state index contributed by atoms with van der Waals surface area (Å²) in [6.07, 6.45) is 41.9. The first kappa shape index (κ1) is 41.1. The van der Waals surface area contributed by atoms with Crippen molar-refractivity contribution in [2.75, 3.05) is 6.61 Å². The molecule has 3 N–H and O–H groups in total. The summed E-state index contributed by atoms with van der Waals surface area (Å²) in [6, 6.07) is -0.612. The zero-order chi connectivity index (χ0) is 30.8. The van der Waals surface area contributed by atoms with Crippen molar-refractivity contribution in [2.24, 2.45) is 0 Å². The largest absolute Gasteiger partial charge is 0.394 e. The lowest BCUT2D eigenvalue weighted by Gasteiger charge is -2.20. The predicted molar refractivity (Wildman–Crippen MR) is 184 cm³/mol. The van der Waals surface area contributed by atoms with Crippen molar-refractivity contribution in [3.05, 3.63) is 12.2 Å². The molecule has 0 fully saturated rings. The molecule has 0 aliphatic heterocycles. The number of unbranched alkanes of at least 4 members (excludes halogenated alkanes) is 27. The Labute approximate surface area is 263 Å². The topological polar surface area (TPSA) is 69.6 Å². The van der Waals surface area contributed by atoms with Crippen LogP contribution in [0.1, 0.15) is 206 Å². The predicted octanol–water partition coefficient (Wildman–Crippen LogP) is 11.1. The van der Waals surface area contributed by atoms with Gasteiger partial charge in [0, 0.05) is 6.42 Å². The van der Waals surface area contributed by atoms with E-state index in [4.69, 9.17) is 0 Å². The fourth-order valence-electron chi connectivity index (χ4n) is 5.82. The van der Waals surface area contributed by atoms with Crippen LogP contribution in [-0.4, -0.2) is 34.9 Å². The number of amides is 1. The normalized spacial score (nSPS) is 13.1. The zero-order valence-corrected chi connectivity index (χ0v) is 28.5. The molecule has 0 spiro atoms. The molecule has 0 aliphatic carbocycles. The van der Waals surface area contributed by atoms with Gasteiger partial charge in [-0.3, -0.25) is 4.79 Å². The van der Waals surface area contributed by atoms with E-state index in [1.807, 2.05) is 6.08 Å². The molecule has 0 aliphatic rings. The van der Waals surface area contributed by atoms with Crippen molar-refractivity contribution < 1.29 is 15.0 Å². The molecular weight excluding hydrogens is 518 g/mol. The van der Waals surface area contributed by atoms with Gasteiger partial charge in [0.15, 0.2) is 0 Å². The number of hydrogen-bond acceptors (Lipinski definition) is 3. The third kappa shape index (κ3) is 30.6. The Bertz CT molecular complexity index is 565. The summed E-state index contributed by atoms with van der Waals surface area (Å²) in [6.45, 7) is 4.24. The minimum Gasteiger partial charge on any atom is -0.394 e. The van der Waals surface area contributed by atoms with E-state index < -0.39 is 12.1 Å². The maximum Gasteiger partial charge on any atom is 0.220 e. The molecule has 4 heteroatoms. The summed E-state index contributed by atoms with van der Waals surface area (Å²) in [5.74, 6) is -0.0664. The molecular formula is C38H75NO3. The van der Waals surface area contributed by atoms with Gasteiger partial charge < -0.3 is 15.5 Å². The molecule has 0 saturated heterocycles. The molecule has 0 aromatic rings. The average molecular weight is 594 g/mol. The monoisotopic (exact) mass is 594 g/mol. The number of rotatable bonds is 34. The van der Waals surface area contributed by atoms with E-state index in [9.17, 15) is 15.0 Å². The number of carbonyl (C=O) groups excluding carboxylic acids is 1. The van der Waals surface area contributed by atoms with Crippen LogP contribution >= 0.6 is 0 Å². The lowest BCUT2D eigenvalue weighted by atomic mass is 10.0. The third-order valence-corrected chi connectivity index (χ3v) is 8.77. The number of allylic oxidation sites excluding steroid dienone is 1. The first-order valence-electron chi connectivity index (χ1n) is 18.9. The Morgan fingerprint density at radius 2 is 0.881 bits per heavy atom. The molecule has 0 bridgehead atoms. The van der Waals surface area contributed by atoms with Crippen LogP contribution in [0.25, 0.3) is 0 Å². The molecule has 42 heavy (non-hydrogen) atoms. The van der Waals surface area contributed by atoms with Crippen LogP contribution in [0.15, 0.2) is 12.2 Å². The second kappa shape index (κ2) is 34.6. The molecule has 0 aromatic heterocycles. The van der Waals surface area contributed by atoms with Crippen molar-refractivity contribution in [1.82, 2.24) is 5.32 Å². The fraction of sp³-hybridized carbons (Fsp3) is 0.921. The van der Waals surface area contributed by atoms with E-state index in [1.165, 1.54) is 161 Å². The van der Waals surface area contributed by atoms with E-state index >= 15 is 0 Å².